The lowest BCUT2D eigenvalue weighted by atomic mass is 9.88. The molecule has 1 N–H and O–H groups in total. The molecular weight excluding hydrogens is 381 g/mol. The standard InChI is InChI=1S/C21H21F3N4O/c1-11-5-4-6-15(19(11)22)12(2)25-20-16-10-28(14-8-21(23,24)9-14)18(29)7-17(16)26-13(3)27-20/h4-7,10,12,14H,8-9H2,1-3H3,(H,25,26,27)/t12-/m1/s1. The van der Waals surface area contributed by atoms with Crippen molar-refractivity contribution in [3.63, 3.8) is 0 Å². The van der Waals surface area contributed by atoms with Crippen LogP contribution in [0.1, 0.15) is 48.8 Å². The van der Waals surface area contributed by atoms with Gasteiger partial charge in [0.05, 0.1) is 16.9 Å². The van der Waals surface area contributed by atoms with Crippen molar-refractivity contribution in [2.75, 3.05) is 5.32 Å². The molecule has 1 saturated carbocycles. The predicted octanol–water partition coefficient (Wildman–Crippen LogP) is 4.69. The fourth-order valence-corrected chi connectivity index (χ4v) is 3.74. The second kappa shape index (κ2) is 6.86. The van der Waals surface area contributed by atoms with Gasteiger partial charge in [0.1, 0.15) is 17.5 Å². The van der Waals surface area contributed by atoms with Crippen molar-refractivity contribution in [1.82, 2.24) is 14.5 Å². The van der Waals surface area contributed by atoms with E-state index in [1.165, 1.54) is 16.8 Å². The van der Waals surface area contributed by atoms with Crippen molar-refractivity contribution in [2.45, 2.75) is 51.6 Å². The maximum Gasteiger partial charge on any atom is 0.252 e. The normalized spacial score (nSPS) is 17.2. The van der Waals surface area contributed by atoms with Gasteiger partial charge in [0, 0.05) is 36.7 Å². The zero-order valence-corrected chi connectivity index (χ0v) is 16.3. The van der Waals surface area contributed by atoms with Gasteiger partial charge in [-0.3, -0.25) is 4.79 Å². The average molecular weight is 402 g/mol. The molecule has 0 aliphatic heterocycles. The number of nitrogens with one attached hydrogen (secondary N) is 1. The highest BCUT2D eigenvalue weighted by atomic mass is 19.3. The highest BCUT2D eigenvalue weighted by Crippen LogP contribution is 2.45. The lowest BCUT2D eigenvalue weighted by Gasteiger charge is -2.36. The lowest BCUT2D eigenvalue weighted by Crippen LogP contribution is -2.40. The predicted molar refractivity (Wildman–Crippen MR) is 105 cm³/mol. The third-order valence-corrected chi connectivity index (χ3v) is 5.37. The molecule has 2 heterocycles. The van der Waals surface area contributed by atoms with Crippen LogP contribution in [0.3, 0.4) is 0 Å². The fourth-order valence-electron chi connectivity index (χ4n) is 3.74. The Morgan fingerprint density at radius 1 is 1.24 bits per heavy atom. The van der Waals surface area contributed by atoms with Crippen LogP contribution >= 0.6 is 0 Å². The van der Waals surface area contributed by atoms with Crippen molar-refractivity contribution in [2.24, 2.45) is 0 Å². The van der Waals surface area contributed by atoms with Crippen LogP contribution in [0.25, 0.3) is 10.9 Å². The largest absolute Gasteiger partial charge is 0.363 e. The monoisotopic (exact) mass is 402 g/mol. The summed E-state index contributed by atoms with van der Waals surface area (Å²) in [6.07, 6.45) is 0.802. The minimum Gasteiger partial charge on any atom is -0.363 e. The average Bonchev–Trinajstić information content (AvgIpc) is 2.61. The van der Waals surface area contributed by atoms with Crippen molar-refractivity contribution >= 4 is 16.7 Å². The summed E-state index contributed by atoms with van der Waals surface area (Å²) in [6, 6.07) is 5.56. The maximum atomic E-state index is 14.5. The molecule has 1 aromatic carbocycles. The van der Waals surface area contributed by atoms with Gasteiger partial charge in [-0.1, -0.05) is 18.2 Å². The lowest BCUT2D eigenvalue weighted by molar-refractivity contribution is -0.104. The summed E-state index contributed by atoms with van der Waals surface area (Å²) in [5, 5.41) is 3.73. The molecule has 29 heavy (non-hydrogen) atoms. The van der Waals surface area contributed by atoms with Crippen LogP contribution in [0.5, 0.6) is 0 Å². The maximum absolute atomic E-state index is 14.5. The van der Waals surface area contributed by atoms with Gasteiger partial charge in [-0.2, -0.15) is 0 Å². The summed E-state index contributed by atoms with van der Waals surface area (Å²) in [5.74, 6) is -2.15. The molecular formula is C21H21F3N4O. The molecule has 1 fully saturated rings. The molecule has 0 bridgehead atoms. The number of alkyl halides is 2. The molecule has 1 aliphatic rings. The Morgan fingerprint density at radius 3 is 2.66 bits per heavy atom. The number of anilines is 1. The molecule has 5 nitrogen and oxygen atoms in total. The summed E-state index contributed by atoms with van der Waals surface area (Å²) in [6.45, 7) is 5.20. The van der Waals surface area contributed by atoms with Crippen molar-refractivity contribution in [1.29, 1.82) is 0 Å². The van der Waals surface area contributed by atoms with E-state index in [0.29, 0.717) is 33.7 Å². The Hall–Kier alpha value is -2.90. The Balaban J connectivity index is 1.75. The van der Waals surface area contributed by atoms with Gasteiger partial charge in [-0.25, -0.2) is 23.1 Å². The van der Waals surface area contributed by atoms with Gasteiger partial charge < -0.3 is 9.88 Å². The first kappa shape index (κ1) is 19.4. The molecule has 152 valence electrons. The Morgan fingerprint density at radius 2 is 1.97 bits per heavy atom. The summed E-state index contributed by atoms with van der Waals surface area (Å²) in [5.41, 5.74) is 1.07. The number of pyridine rings is 1. The number of aromatic nitrogens is 3. The highest BCUT2D eigenvalue weighted by molar-refractivity contribution is 5.88. The Bertz CT molecular complexity index is 1150. The highest BCUT2D eigenvalue weighted by Gasteiger charge is 2.46. The van der Waals surface area contributed by atoms with E-state index in [9.17, 15) is 18.0 Å². The van der Waals surface area contributed by atoms with Crippen LogP contribution in [0.15, 0.2) is 35.3 Å². The topological polar surface area (TPSA) is 59.8 Å². The van der Waals surface area contributed by atoms with E-state index in [-0.39, 0.29) is 24.2 Å². The molecule has 0 radical (unpaired) electrons. The number of benzene rings is 1. The van der Waals surface area contributed by atoms with Crippen LogP contribution in [0, 0.1) is 19.7 Å². The van der Waals surface area contributed by atoms with Crippen LogP contribution in [-0.4, -0.2) is 20.5 Å². The molecule has 4 rings (SSSR count). The second-order valence-corrected chi connectivity index (χ2v) is 7.70. The van der Waals surface area contributed by atoms with Crippen molar-refractivity contribution < 1.29 is 13.2 Å². The zero-order valence-electron chi connectivity index (χ0n) is 16.3. The van der Waals surface area contributed by atoms with Crippen LogP contribution in [0.2, 0.25) is 0 Å². The van der Waals surface area contributed by atoms with Crippen LogP contribution in [-0.2, 0) is 0 Å². The van der Waals surface area contributed by atoms with E-state index in [1.807, 2.05) is 6.92 Å². The minimum absolute atomic E-state index is 0.295. The van der Waals surface area contributed by atoms with Gasteiger partial charge in [0.15, 0.2) is 0 Å². The molecule has 0 unspecified atom stereocenters. The van der Waals surface area contributed by atoms with Crippen molar-refractivity contribution in [3.8, 4) is 0 Å². The van der Waals surface area contributed by atoms with Crippen LogP contribution in [0.4, 0.5) is 19.0 Å². The molecule has 0 amide bonds. The molecule has 8 heteroatoms. The number of hydrogen-bond acceptors (Lipinski definition) is 4. The van der Waals surface area contributed by atoms with E-state index in [4.69, 9.17) is 0 Å². The van der Waals surface area contributed by atoms with E-state index in [0.717, 1.165) is 0 Å². The third kappa shape index (κ3) is 3.59. The van der Waals surface area contributed by atoms with Gasteiger partial charge in [0.2, 0.25) is 0 Å². The number of fused-ring (bicyclic) bond motifs is 1. The number of hydrogen-bond donors (Lipinski definition) is 1. The molecule has 3 aromatic rings. The quantitative estimate of drug-likeness (QED) is 0.688. The third-order valence-electron chi connectivity index (χ3n) is 5.37. The molecule has 1 atom stereocenters. The summed E-state index contributed by atoms with van der Waals surface area (Å²) in [4.78, 5) is 21.1. The van der Waals surface area contributed by atoms with Gasteiger partial charge in [-0.05, 0) is 26.3 Å². The summed E-state index contributed by atoms with van der Waals surface area (Å²) in [7, 11) is 0. The second-order valence-electron chi connectivity index (χ2n) is 7.70. The number of aryl methyl sites for hydroxylation is 2. The Labute approximate surface area is 165 Å². The summed E-state index contributed by atoms with van der Waals surface area (Å²) < 4.78 is 42.4. The zero-order chi connectivity index (χ0) is 20.9. The van der Waals surface area contributed by atoms with E-state index in [2.05, 4.69) is 15.3 Å². The van der Waals surface area contributed by atoms with E-state index >= 15 is 0 Å². The molecule has 0 spiro atoms. The molecule has 0 saturated heterocycles. The first-order valence-electron chi connectivity index (χ1n) is 9.44. The van der Waals surface area contributed by atoms with Crippen LogP contribution < -0.4 is 10.9 Å². The van der Waals surface area contributed by atoms with E-state index < -0.39 is 18.0 Å². The fraction of sp³-hybridized carbons (Fsp3) is 0.381. The number of rotatable bonds is 4. The van der Waals surface area contributed by atoms with Crippen molar-refractivity contribution in [3.05, 3.63) is 63.6 Å². The van der Waals surface area contributed by atoms with Gasteiger partial charge in [-0.15, -0.1) is 0 Å². The number of nitrogens with zero attached hydrogens (tertiary/aromatic N) is 3. The SMILES string of the molecule is Cc1nc(N[C@H](C)c2cccc(C)c2F)c2cn(C3CC(F)(F)C3)c(=O)cc2n1. The first-order chi connectivity index (χ1) is 13.6. The minimum atomic E-state index is -2.73. The number of halogens is 3. The van der Waals surface area contributed by atoms with Gasteiger partial charge in [0.25, 0.3) is 11.5 Å². The Kier molecular flexibility index (Phi) is 4.59. The molecule has 1 aliphatic carbocycles. The van der Waals surface area contributed by atoms with Gasteiger partial charge >= 0.3 is 0 Å². The first-order valence-corrected chi connectivity index (χ1v) is 9.44. The smallest absolute Gasteiger partial charge is 0.252 e. The molecule has 2 aromatic heterocycles. The summed E-state index contributed by atoms with van der Waals surface area (Å²) >= 11 is 0. The van der Waals surface area contributed by atoms with E-state index in [1.54, 1.807) is 32.0 Å².